The van der Waals surface area contributed by atoms with Gasteiger partial charge in [0.2, 0.25) is 0 Å². The average Bonchev–Trinajstić information content (AvgIpc) is 2.29. The minimum absolute atomic E-state index is 0.537. The van der Waals surface area contributed by atoms with E-state index in [1.165, 1.54) is 29.5 Å². The van der Waals surface area contributed by atoms with Crippen molar-refractivity contribution in [1.82, 2.24) is 5.32 Å². The first kappa shape index (κ1) is 11.6. The Morgan fingerprint density at radius 2 is 2.25 bits per heavy atom. The van der Waals surface area contributed by atoms with Crippen LogP contribution in [0, 0.1) is 13.8 Å². The summed E-state index contributed by atoms with van der Waals surface area (Å²) in [7, 11) is 0. The summed E-state index contributed by atoms with van der Waals surface area (Å²) in [5.41, 5.74) is 4.11. The fourth-order valence-corrected chi connectivity index (χ4v) is 2.20. The van der Waals surface area contributed by atoms with E-state index >= 15 is 0 Å². The lowest BCUT2D eigenvalue weighted by Gasteiger charge is -2.23. The summed E-state index contributed by atoms with van der Waals surface area (Å²) in [4.78, 5) is 0. The normalized spacial score (nSPS) is 21.0. The van der Waals surface area contributed by atoms with E-state index in [9.17, 15) is 0 Å². The number of nitrogens with one attached hydrogen (secondary N) is 1. The van der Waals surface area contributed by atoms with Gasteiger partial charge in [0, 0.05) is 19.2 Å². The van der Waals surface area contributed by atoms with Gasteiger partial charge in [0.15, 0.2) is 0 Å². The molecule has 1 aromatic rings. The van der Waals surface area contributed by atoms with Gasteiger partial charge in [-0.15, -0.1) is 0 Å². The molecule has 2 nitrogen and oxygen atoms in total. The van der Waals surface area contributed by atoms with Crippen molar-refractivity contribution in [2.45, 2.75) is 39.3 Å². The summed E-state index contributed by atoms with van der Waals surface area (Å²) >= 11 is 0. The number of aryl methyl sites for hydroxylation is 2. The molecule has 1 heterocycles. The molecule has 1 atom stereocenters. The molecule has 1 N–H and O–H groups in total. The maximum atomic E-state index is 5.46. The molecular weight excluding hydrogens is 198 g/mol. The SMILES string of the molecule is Cc1ccc(CNC2CCCOC2)c(C)c1. The third kappa shape index (κ3) is 3.06. The second kappa shape index (κ2) is 5.46. The minimum Gasteiger partial charge on any atom is -0.380 e. The minimum atomic E-state index is 0.537. The lowest BCUT2D eigenvalue weighted by Crippen LogP contribution is -2.36. The molecule has 1 aliphatic rings. The van der Waals surface area contributed by atoms with Crippen molar-refractivity contribution in [3.8, 4) is 0 Å². The first-order valence-electron chi connectivity index (χ1n) is 6.13. The van der Waals surface area contributed by atoms with Gasteiger partial charge in [-0.2, -0.15) is 0 Å². The summed E-state index contributed by atoms with van der Waals surface area (Å²) in [5, 5.41) is 3.57. The van der Waals surface area contributed by atoms with Crippen molar-refractivity contribution in [3.63, 3.8) is 0 Å². The average molecular weight is 219 g/mol. The van der Waals surface area contributed by atoms with Crippen molar-refractivity contribution < 1.29 is 4.74 Å². The molecule has 88 valence electrons. The van der Waals surface area contributed by atoms with Crippen LogP contribution in [-0.2, 0) is 11.3 Å². The van der Waals surface area contributed by atoms with E-state index in [-0.39, 0.29) is 0 Å². The van der Waals surface area contributed by atoms with Crippen LogP contribution in [0.15, 0.2) is 18.2 Å². The molecule has 0 radical (unpaired) electrons. The molecule has 0 aromatic heterocycles. The van der Waals surface area contributed by atoms with Crippen LogP contribution < -0.4 is 5.32 Å². The molecule has 16 heavy (non-hydrogen) atoms. The van der Waals surface area contributed by atoms with E-state index in [0.717, 1.165) is 19.8 Å². The second-order valence-corrected chi connectivity index (χ2v) is 4.72. The number of rotatable bonds is 3. The number of hydrogen-bond donors (Lipinski definition) is 1. The summed E-state index contributed by atoms with van der Waals surface area (Å²) in [5.74, 6) is 0. The Kier molecular flexibility index (Phi) is 3.97. The number of ether oxygens (including phenoxy) is 1. The maximum Gasteiger partial charge on any atom is 0.0619 e. The van der Waals surface area contributed by atoms with E-state index in [4.69, 9.17) is 4.74 Å². The molecular formula is C14H21NO. The van der Waals surface area contributed by atoms with Gasteiger partial charge in [0.1, 0.15) is 0 Å². The highest BCUT2D eigenvalue weighted by molar-refractivity contribution is 5.30. The van der Waals surface area contributed by atoms with Crippen LogP contribution in [-0.4, -0.2) is 19.3 Å². The van der Waals surface area contributed by atoms with Crippen molar-refractivity contribution in [2.24, 2.45) is 0 Å². The van der Waals surface area contributed by atoms with Crippen molar-refractivity contribution in [1.29, 1.82) is 0 Å². The zero-order chi connectivity index (χ0) is 11.4. The zero-order valence-corrected chi connectivity index (χ0v) is 10.3. The Balaban J connectivity index is 1.88. The largest absolute Gasteiger partial charge is 0.380 e. The summed E-state index contributed by atoms with van der Waals surface area (Å²) in [6.07, 6.45) is 2.43. The first-order valence-corrected chi connectivity index (χ1v) is 6.13. The fourth-order valence-electron chi connectivity index (χ4n) is 2.20. The Morgan fingerprint density at radius 1 is 1.38 bits per heavy atom. The molecule has 2 heteroatoms. The van der Waals surface area contributed by atoms with Gasteiger partial charge in [-0.3, -0.25) is 0 Å². The van der Waals surface area contributed by atoms with Crippen LogP contribution in [0.25, 0.3) is 0 Å². The molecule has 0 amide bonds. The molecule has 1 aromatic carbocycles. The highest BCUT2D eigenvalue weighted by Gasteiger charge is 2.12. The monoisotopic (exact) mass is 219 g/mol. The molecule has 0 spiro atoms. The molecule has 1 aliphatic heterocycles. The van der Waals surface area contributed by atoms with Crippen molar-refractivity contribution in [3.05, 3.63) is 34.9 Å². The Labute approximate surface area is 98.0 Å². The van der Waals surface area contributed by atoms with Gasteiger partial charge in [0.25, 0.3) is 0 Å². The van der Waals surface area contributed by atoms with E-state index < -0.39 is 0 Å². The van der Waals surface area contributed by atoms with Crippen LogP contribution in [0.1, 0.15) is 29.5 Å². The van der Waals surface area contributed by atoms with Gasteiger partial charge >= 0.3 is 0 Å². The topological polar surface area (TPSA) is 21.3 Å². The highest BCUT2D eigenvalue weighted by Crippen LogP contribution is 2.12. The van der Waals surface area contributed by atoms with E-state index in [1.807, 2.05) is 0 Å². The summed E-state index contributed by atoms with van der Waals surface area (Å²) in [6, 6.07) is 7.19. The molecule has 2 rings (SSSR count). The van der Waals surface area contributed by atoms with E-state index in [1.54, 1.807) is 0 Å². The van der Waals surface area contributed by atoms with Gasteiger partial charge in [-0.25, -0.2) is 0 Å². The molecule has 1 unspecified atom stereocenters. The van der Waals surface area contributed by atoms with E-state index in [2.05, 4.69) is 37.4 Å². The third-order valence-electron chi connectivity index (χ3n) is 3.24. The molecule has 1 saturated heterocycles. The summed E-state index contributed by atoms with van der Waals surface area (Å²) in [6.45, 7) is 7.08. The van der Waals surface area contributed by atoms with Crippen LogP contribution >= 0.6 is 0 Å². The molecule has 1 fully saturated rings. The molecule has 0 bridgehead atoms. The number of benzene rings is 1. The first-order chi connectivity index (χ1) is 7.75. The van der Waals surface area contributed by atoms with Gasteiger partial charge in [-0.1, -0.05) is 23.8 Å². The predicted octanol–water partition coefficient (Wildman–Crippen LogP) is 2.57. The Hall–Kier alpha value is -0.860. The van der Waals surface area contributed by atoms with Crippen LogP contribution in [0.4, 0.5) is 0 Å². The molecule has 0 saturated carbocycles. The van der Waals surface area contributed by atoms with Crippen molar-refractivity contribution in [2.75, 3.05) is 13.2 Å². The highest BCUT2D eigenvalue weighted by atomic mass is 16.5. The third-order valence-corrected chi connectivity index (χ3v) is 3.24. The van der Waals surface area contributed by atoms with Crippen LogP contribution in [0.3, 0.4) is 0 Å². The smallest absolute Gasteiger partial charge is 0.0619 e. The lowest BCUT2D eigenvalue weighted by atomic mass is 10.0. The van der Waals surface area contributed by atoms with Gasteiger partial charge in [-0.05, 0) is 37.8 Å². The summed E-state index contributed by atoms with van der Waals surface area (Å²) < 4.78 is 5.46. The molecule has 0 aliphatic carbocycles. The standard InChI is InChI=1S/C14H21NO/c1-11-5-6-13(12(2)8-11)9-15-14-4-3-7-16-10-14/h5-6,8,14-15H,3-4,7,9-10H2,1-2H3. The lowest BCUT2D eigenvalue weighted by molar-refractivity contribution is 0.0699. The Bertz CT molecular complexity index is 343. The zero-order valence-electron chi connectivity index (χ0n) is 10.3. The van der Waals surface area contributed by atoms with Crippen molar-refractivity contribution >= 4 is 0 Å². The van der Waals surface area contributed by atoms with Gasteiger partial charge in [0.05, 0.1) is 6.61 Å². The van der Waals surface area contributed by atoms with Crippen LogP contribution in [0.5, 0.6) is 0 Å². The van der Waals surface area contributed by atoms with E-state index in [0.29, 0.717) is 6.04 Å². The fraction of sp³-hybridized carbons (Fsp3) is 0.571. The Morgan fingerprint density at radius 3 is 2.94 bits per heavy atom. The second-order valence-electron chi connectivity index (χ2n) is 4.72. The van der Waals surface area contributed by atoms with Crippen LogP contribution in [0.2, 0.25) is 0 Å². The number of hydrogen-bond acceptors (Lipinski definition) is 2. The predicted molar refractivity (Wildman–Crippen MR) is 66.6 cm³/mol. The quantitative estimate of drug-likeness (QED) is 0.843. The maximum absolute atomic E-state index is 5.46. The van der Waals surface area contributed by atoms with Gasteiger partial charge < -0.3 is 10.1 Å².